The molecule has 0 saturated carbocycles. The van der Waals surface area contributed by atoms with E-state index in [0.717, 1.165) is 5.56 Å². The predicted molar refractivity (Wildman–Crippen MR) is 108 cm³/mol. The number of benzene rings is 1. The van der Waals surface area contributed by atoms with Crippen LogP contribution < -0.4 is 0 Å². The number of ether oxygens (including phenoxy) is 2. The third-order valence-electron chi connectivity index (χ3n) is 4.48. The van der Waals surface area contributed by atoms with Gasteiger partial charge in [-0.15, -0.1) is 6.58 Å². The van der Waals surface area contributed by atoms with E-state index < -0.39 is 14.2 Å². The molecule has 0 heterocycles. The maximum absolute atomic E-state index is 10.5. The molecule has 0 bridgehead atoms. The normalized spacial score (nSPS) is 16.3. The van der Waals surface area contributed by atoms with Gasteiger partial charge in [0, 0.05) is 11.8 Å². The number of hydrogen-bond donors (Lipinski definition) is 1. The standard InChI is InChI=1S/C21H34O3Si/c1-7-17(2)21(22)18(3)20(25(4,5)6)13-14-23-16-24-15-19-11-9-8-10-12-19/h7-13,17-18,21-22H,1,14-16H2,2-6H3/b20-13-/t17-,18+,21+/m1/s1. The van der Waals surface area contributed by atoms with Gasteiger partial charge >= 0.3 is 0 Å². The van der Waals surface area contributed by atoms with Gasteiger partial charge in [-0.05, 0) is 5.56 Å². The van der Waals surface area contributed by atoms with Crippen molar-refractivity contribution in [2.45, 2.75) is 46.2 Å². The highest BCUT2D eigenvalue weighted by Crippen LogP contribution is 2.28. The largest absolute Gasteiger partial charge is 0.392 e. The van der Waals surface area contributed by atoms with Crippen LogP contribution in [-0.2, 0) is 16.1 Å². The molecule has 0 amide bonds. The van der Waals surface area contributed by atoms with Crippen molar-refractivity contribution in [3.8, 4) is 0 Å². The highest BCUT2D eigenvalue weighted by Gasteiger charge is 2.30. The van der Waals surface area contributed by atoms with E-state index in [2.05, 4.69) is 39.2 Å². The lowest BCUT2D eigenvalue weighted by atomic mass is 9.93. The summed E-state index contributed by atoms with van der Waals surface area (Å²) in [6.07, 6.45) is 3.54. The molecular weight excluding hydrogens is 328 g/mol. The number of hydrogen-bond acceptors (Lipinski definition) is 3. The maximum Gasteiger partial charge on any atom is 0.147 e. The molecule has 0 aliphatic rings. The van der Waals surface area contributed by atoms with E-state index >= 15 is 0 Å². The lowest BCUT2D eigenvalue weighted by molar-refractivity contribution is -0.0521. The lowest BCUT2D eigenvalue weighted by Crippen LogP contribution is -2.36. The molecule has 4 heteroatoms. The van der Waals surface area contributed by atoms with Gasteiger partial charge in [-0.2, -0.15) is 0 Å². The number of aliphatic hydroxyl groups excluding tert-OH is 1. The van der Waals surface area contributed by atoms with E-state index in [1.807, 2.05) is 43.3 Å². The summed E-state index contributed by atoms with van der Waals surface area (Å²) >= 11 is 0. The molecule has 1 N–H and O–H groups in total. The average molecular weight is 363 g/mol. The van der Waals surface area contributed by atoms with Gasteiger partial charge in [-0.1, -0.05) is 81.2 Å². The van der Waals surface area contributed by atoms with Crippen LogP contribution in [0.1, 0.15) is 19.4 Å². The van der Waals surface area contributed by atoms with Gasteiger partial charge in [0.25, 0.3) is 0 Å². The molecule has 0 radical (unpaired) electrons. The minimum absolute atomic E-state index is 0.0740. The van der Waals surface area contributed by atoms with Crippen LogP contribution in [0.4, 0.5) is 0 Å². The van der Waals surface area contributed by atoms with Crippen LogP contribution in [0.15, 0.2) is 54.3 Å². The summed E-state index contributed by atoms with van der Waals surface area (Å²) in [5.41, 5.74) is 1.14. The summed E-state index contributed by atoms with van der Waals surface area (Å²) in [6, 6.07) is 10.1. The van der Waals surface area contributed by atoms with Crippen LogP contribution in [0.3, 0.4) is 0 Å². The summed E-state index contributed by atoms with van der Waals surface area (Å²) in [6.45, 7) is 16.1. The van der Waals surface area contributed by atoms with Crippen molar-refractivity contribution in [2.75, 3.05) is 13.4 Å². The van der Waals surface area contributed by atoms with Crippen LogP contribution in [0, 0.1) is 11.8 Å². The smallest absolute Gasteiger partial charge is 0.147 e. The van der Waals surface area contributed by atoms with Gasteiger partial charge in [0.15, 0.2) is 0 Å². The van der Waals surface area contributed by atoms with Crippen LogP contribution in [0.5, 0.6) is 0 Å². The molecule has 0 aliphatic heterocycles. The Balaban J connectivity index is 2.52. The predicted octanol–water partition coefficient (Wildman–Crippen LogP) is 4.80. The molecule has 0 saturated heterocycles. The Labute approximate surface area is 154 Å². The first kappa shape index (κ1) is 21.8. The van der Waals surface area contributed by atoms with Crippen molar-refractivity contribution in [2.24, 2.45) is 11.8 Å². The molecule has 3 atom stereocenters. The maximum atomic E-state index is 10.5. The Morgan fingerprint density at radius 3 is 2.36 bits per heavy atom. The van der Waals surface area contributed by atoms with Crippen molar-refractivity contribution < 1.29 is 14.6 Å². The van der Waals surface area contributed by atoms with E-state index in [4.69, 9.17) is 9.47 Å². The van der Waals surface area contributed by atoms with Crippen molar-refractivity contribution in [1.82, 2.24) is 0 Å². The van der Waals surface area contributed by atoms with Crippen LogP contribution >= 0.6 is 0 Å². The van der Waals surface area contributed by atoms with Gasteiger partial charge in [-0.25, -0.2) is 0 Å². The third kappa shape index (κ3) is 7.69. The number of aliphatic hydroxyl groups is 1. The first-order valence-electron chi connectivity index (χ1n) is 8.98. The zero-order chi connectivity index (χ0) is 18.9. The molecule has 3 nitrogen and oxygen atoms in total. The van der Waals surface area contributed by atoms with E-state index in [1.54, 1.807) is 0 Å². The van der Waals surface area contributed by atoms with Gasteiger partial charge < -0.3 is 14.6 Å². The molecular formula is C21H34O3Si. The fourth-order valence-electron chi connectivity index (χ4n) is 2.94. The van der Waals surface area contributed by atoms with Crippen LogP contribution in [0.2, 0.25) is 19.6 Å². The van der Waals surface area contributed by atoms with Crippen molar-refractivity contribution in [1.29, 1.82) is 0 Å². The molecule has 1 rings (SSSR count). The SMILES string of the molecule is C=C[C@@H](C)[C@H](O)[C@@H](C)/C(=C/COCOCc1ccccc1)[Si](C)(C)C. The molecule has 25 heavy (non-hydrogen) atoms. The van der Waals surface area contributed by atoms with Crippen LogP contribution in [0.25, 0.3) is 0 Å². The second-order valence-corrected chi connectivity index (χ2v) is 12.7. The zero-order valence-electron chi connectivity index (χ0n) is 16.4. The molecule has 0 unspecified atom stereocenters. The number of rotatable bonds is 11. The zero-order valence-corrected chi connectivity index (χ0v) is 17.4. The van der Waals surface area contributed by atoms with Crippen LogP contribution in [-0.4, -0.2) is 32.7 Å². The minimum atomic E-state index is -1.55. The van der Waals surface area contributed by atoms with E-state index in [0.29, 0.717) is 13.2 Å². The Kier molecular flexibility index (Phi) is 9.36. The molecule has 0 spiro atoms. The van der Waals surface area contributed by atoms with E-state index in [1.165, 1.54) is 5.20 Å². The highest BCUT2D eigenvalue weighted by molar-refractivity contribution is 6.83. The molecule has 140 valence electrons. The molecule has 0 aromatic heterocycles. The van der Waals surface area contributed by atoms with E-state index in [-0.39, 0.29) is 18.6 Å². The third-order valence-corrected chi connectivity index (χ3v) is 6.87. The summed E-state index contributed by atoms with van der Waals surface area (Å²) in [5.74, 6) is 0.179. The molecule has 0 fully saturated rings. The first-order chi connectivity index (χ1) is 11.8. The Bertz CT molecular complexity index is 534. The first-order valence-corrected chi connectivity index (χ1v) is 12.5. The molecule has 1 aromatic rings. The summed E-state index contributed by atoms with van der Waals surface area (Å²) in [7, 11) is -1.55. The summed E-state index contributed by atoms with van der Waals surface area (Å²) < 4.78 is 11.2. The van der Waals surface area contributed by atoms with Gasteiger partial charge in [0.05, 0.1) is 27.4 Å². The monoisotopic (exact) mass is 362 g/mol. The van der Waals surface area contributed by atoms with Gasteiger partial charge in [0.2, 0.25) is 0 Å². The van der Waals surface area contributed by atoms with E-state index in [9.17, 15) is 5.11 Å². The second-order valence-electron chi connectivity index (χ2n) is 7.61. The lowest BCUT2D eigenvalue weighted by Gasteiger charge is -2.32. The van der Waals surface area contributed by atoms with Gasteiger partial charge in [-0.3, -0.25) is 0 Å². The topological polar surface area (TPSA) is 38.7 Å². The molecule has 0 aliphatic carbocycles. The second kappa shape index (κ2) is 10.7. The van der Waals surface area contributed by atoms with Crippen molar-refractivity contribution >= 4 is 8.07 Å². The average Bonchev–Trinajstić information content (AvgIpc) is 2.59. The molecule has 1 aromatic carbocycles. The summed E-state index contributed by atoms with van der Waals surface area (Å²) in [4.78, 5) is 0. The Morgan fingerprint density at radius 1 is 1.16 bits per heavy atom. The fourth-order valence-corrected chi connectivity index (χ4v) is 5.18. The van der Waals surface area contributed by atoms with Crippen molar-refractivity contribution in [3.05, 3.63) is 59.8 Å². The fraction of sp³-hybridized carbons (Fsp3) is 0.524. The highest BCUT2D eigenvalue weighted by atomic mass is 28.3. The quantitative estimate of drug-likeness (QED) is 0.266. The Hall–Kier alpha value is -1.20. The Morgan fingerprint density at radius 2 is 1.80 bits per heavy atom. The van der Waals surface area contributed by atoms with Crippen molar-refractivity contribution in [3.63, 3.8) is 0 Å². The summed E-state index contributed by atoms with van der Waals surface area (Å²) in [5, 5.41) is 11.9. The van der Waals surface area contributed by atoms with Gasteiger partial charge in [0.1, 0.15) is 6.79 Å². The minimum Gasteiger partial charge on any atom is -0.392 e.